The van der Waals surface area contributed by atoms with Crippen molar-refractivity contribution in [3.63, 3.8) is 0 Å². The number of thioether (sulfide) groups is 1. The fourth-order valence-electron chi connectivity index (χ4n) is 2.26. The third-order valence-electron chi connectivity index (χ3n) is 3.48. The van der Waals surface area contributed by atoms with E-state index >= 15 is 0 Å². The molecule has 23 heavy (non-hydrogen) atoms. The summed E-state index contributed by atoms with van der Waals surface area (Å²) >= 11 is 3.19. The molecular weight excluding hydrogens is 324 g/mol. The molecule has 0 radical (unpaired) electrons. The molecule has 5 heteroatoms. The summed E-state index contributed by atoms with van der Waals surface area (Å²) in [6, 6.07) is 18.2. The molecule has 118 valence electrons. The lowest BCUT2D eigenvalue weighted by Crippen LogP contribution is -2.24. The second-order valence-corrected chi connectivity index (χ2v) is 7.39. The minimum Gasteiger partial charge on any atom is -0.301 e. The summed E-state index contributed by atoms with van der Waals surface area (Å²) in [5, 5.41) is 3.57. The first-order chi connectivity index (χ1) is 11.3. The van der Waals surface area contributed by atoms with E-state index in [4.69, 9.17) is 0 Å². The van der Waals surface area contributed by atoms with Gasteiger partial charge in [-0.05, 0) is 24.1 Å². The molecule has 0 aliphatic rings. The van der Waals surface area contributed by atoms with Gasteiger partial charge in [0.05, 0.1) is 15.5 Å². The Morgan fingerprint density at radius 3 is 2.65 bits per heavy atom. The molecule has 3 nitrogen and oxygen atoms in total. The number of anilines is 1. The van der Waals surface area contributed by atoms with Crippen LogP contribution < -0.4 is 5.32 Å². The van der Waals surface area contributed by atoms with E-state index in [-0.39, 0.29) is 11.2 Å². The third kappa shape index (κ3) is 4.12. The number of benzene rings is 2. The first-order valence-electron chi connectivity index (χ1n) is 7.58. The highest BCUT2D eigenvalue weighted by molar-refractivity contribution is 7.99. The Balaban J connectivity index is 1.63. The first kappa shape index (κ1) is 16.0. The van der Waals surface area contributed by atoms with Gasteiger partial charge >= 0.3 is 0 Å². The molecule has 1 amide bonds. The van der Waals surface area contributed by atoms with E-state index in [0.29, 0.717) is 5.13 Å². The van der Waals surface area contributed by atoms with Crippen LogP contribution in [-0.4, -0.2) is 16.1 Å². The largest absolute Gasteiger partial charge is 0.301 e. The van der Waals surface area contributed by atoms with Crippen molar-refractivity contribution < 1.29 is 4.79 Å². The van der Waals surface area contributed by atoms with E-state index < -0.39 is 0 Å². The van der Waals surface area contributed by atoms with Crippen LogP contribution in [0.5, 0.6) is 0 Å². The number of thiazole rings is 1. The molecule has 1 heterocycles. The predicted octanol–water partition coefficient (Wildman–Crippen LogP) is 4.95. The molecule has 1 unspecified atom stereocenters. The van der Waals surface area contributed by atoms with Gasteiger partial charge in [-0.15, -0.1) is 11.8 Å². The number of hydrogen-bond donors (Lipinski definition) is 1. The van der Waals surface area contributed by atoms with E-state index in [0.717, 1.165) is 22.4 Å². The lowest BCUT2D eigenvalue weighted by Gasteiger charge is -2.13. The molecular formula is C18H18N2OS2. The molecule has 3 aromatic rings. The second-order valence-electron chi connectivity index (χ2n) is 5.17. The van der Waals surface area contributed by atoms with Crippen molar-refractivity contribution >= 4 is 44.4 Å². The maximum absolute atomic E-state index is 12.5. The smallest absolute Gasteiger partial charge is 0.239 e. The van der Waals surface area contributed by atoms with Crippen LogP contribution in [0.3, 0.4) is 0 Å². The topological polar surface area (TPSA) is 42.0 Å². The zero-order valence-corrected chi connectivity index (χ0v) is 14.5. The molecule has 3 rings (SSSR count). The van der Waals surface area contributed by atoms with Crippen LogP contribution in [0.1, 0.15) is 18.9 Å². The molecule has 1 aromatic heterocycles. The molecule has 0 bridgehead atoms. The number of fused-ring (bicyclic) bond motifs is 1. The summed E-state index contributed by atoms with van der Waals surface area (Å²) in [6.45, 7) is 2.04. The van der Waals surface area contributed by atoms with Crippen molar-refractivity contribution in [3.05, 3.63) is 60.2 Å². The number of rotatable bonds is 6. The van der Waals surface area contributed by atoms with Crippen LogP contribution in [0.4, 0.5) is 5.13 Å². The van der Waals surface area contributed by atoms with Gasteiger partial charge in [-0.1, -0.05) is 60.7 Å². The number of carbonyl (C=O) groups is 1. The summed E-state index contributed by atoms with van der Waals surface area (Å²) < 4.78 is 1.09. The molecule has 0 saturated heterocycles. The lowest BCUT2D eigenvalue weighted by molar-refractivity contribution is -0.115. The van der Waals surface area contributed by atoms with Crippen LogP contribution in [0.25, 0.3) is 10.2 Å². The second kappa shape index (κ2) is 7.62. The van der Waals surface area contributed by atoms with Gasteiger partial charge in [0.2, 0.25) is 5.91 Å². The Hall–Kier alpha value is -1.85. The van der Waals surface area contributed by atoms with E-state index in [1.54, 1.807) is 11.8 Å². The number of hydrogen-bond acceptors (Lipinski definition) is 4. The van der Waals surface area contributed by atoms with Gasteiger partial charge in [0.25, 0.3) is 0 Å². The Bertz CT molecular complexity index is 753. The minimum atomic E-state index is -0.0674. The third-order valence-corrected chi connectivity index (χ3v) is 5.88. The van der Waals surface area contributed by atoms with Gasteiger partial charge < -0.3 is 5.32 Å². The lowest BCUT2D eigenvalue weighted by atomic mass is 10.2. The molecule has 1 atom stereocenters. The summed E-state index contributed by atoms with van der Waals surface area (Å²) in [5.41, 5.74) is 2.17. The molecule has 0 spiro atoms. The van der Waals surface area contributed by atoms with Crippen molar-refractivity contribution in [2.45, 2.75) is 24.3 Å². The van der Waals surface area contributed by atoms with Gasteiger partial charge in [0.15, 0.2) is 5.13 Å². The SMILES string of the molecule is CCC(SCc1ccccc1)C(=O)Nc1nc2ccccc2s1. The summed E-state index contributed by atoms with van der Waals surface area (Å²) in [5.74, 6) is 0.875. The molecule has 1 N–H and O–H groups in total. The first-order valence-corrected chi connectivity index (χ1v) is 9.44. The van der Waals surface area contributed by atoms with Crippen molar-refractivity contribution in [3.8, 4) is 0 Å². The molecule has 0 saturated carbocycles. The Morgan fingerprint density at radius 2 is 1.91 bits per heavy atom. The van der Waals surface area contributed by atoms with Crippen molar-refractivity contribution in [2.24, 2.45) is 0 Å². The number of nitrogens with one attached hydrogen (secondary N) is 1. The number of nitrogens with zero attached hydrogens (tertiary/aromatic N) is 1. The summed E-state index contributed by atoms with van der Waals surface area (Å²) in [7, 11) is 0. The molecule has 2 aromatic carbocycles. The predicted molar refractivity (Wildman–Crippen MR) is 100 cm³/mol. The average Bonchev–Trinajstić information content (AvgIpc) is 2.98. The number of para-hydroxylation sites is 1. The number of carbonyl (C=O) groups excluding carboxylic acids is 1. The summed E-state index contributed by atoms with van der Waals surface area (Å²) in [4.78, 5) is 16.9. The van der Waals surface area contributed by atoms with Gasteiger partial charge in [-0.2, -0.15) is 0 Å². The monoisotopic (exact) mass is 342 g/mol. The van der Waals surface area contributed by atoms with Gasteiger partial charge in [0.1, 0.15) is 0 Å². The van der Waals surface area contributed by atoms with Gasteiger partial charge in [-0.25, -0.2) is 4.98 Å². The highest BCUT2D eigenvalue weighted by Crippen LogP contribution is 2.27. The van der Waals surface area contributed by atoms with Crippen LogP contribution in [-0.2, 0) is 10.5 Å². The highest BCUT2D eigenvalue weighted by Gasteiger charge is 2.18. The Kier molecular flexibility index (Phi) is 5.31. The van der Waals surface area contributed by atoms with Crippen molar-refractivity contribution in [1.82, 2.24) is 4.98 Å². The fourth-order valence-corrected chi connectivity index (χ4v) is 4.16. The van der Waals surface area contributed by atoms with Crippen LogP contribution in [0.2, 0.25) is 0 Å². The highest BCUT2D eigenvalue weighted by atomic mass is 32.2. The van der Waals surface area contributed by atoms with E-state index in [1.165, 1.54) is 16.9 Å². The zero-order valence-electron chi connectivity index (χ0n) is 12.9. The van der Waals surface area contributed by atoms with E-state index in [2.05, 4.69) is 22.4 Å². The van der Waals surface area contributed by atoms with Crippen molar-refractivity contribution in [1.29, 1.82) is 0 Å². The van der Waals surface area contributed by atoms with Gasteiger partial charge in [-0.3, -0.25) is 4.79 Å². The average molecular weight is 342 g/mol. The maximum Gasteiger partial charge on any atom is 0.239 e. The Morgan fingerprint density at radius 1 is 1.17 bits per heavy atom. The maximum atomic E-state index is 12.5. The molecule has 0 aliphatic carbocycles. The molecule has 0 aliphatic heterocycles. The fraction of sp³-hybridized carbons (Fsp3) is 0.222. The normalized spacial score (nSPS) is 12.2. The van der Waals surface area contributed by atoms with E-state index in [1.807, 2.05) is 49.4 Å². The Labute approximate surface area is 144 Å². The number of amides is 1. The zero-order chi connectivity index (χ0) is 16.1. The number of aromatic nitrogens is 1. The van der Waals surface area contributed by atoms with E-state index in [9.17, 15) is 4.79 Å². The quantitative estimate of drug-likeness (QED) is 0.689. The standard InChI is InChI=1S/C18H18N2OS2/c1-2-15(22-12-13-8-4-3-5-9-13)17(21)20-18-19-14-10-6-7-11-16(14)23-18/h3-11,15H,2,12H2,1H3,(H,19,20,21). The molecule has 0 fully saturated rings. The van der Waals surface area contributed by atoms with Gasteiger partial charge in [0, 0.05) is 5.75 Å². The van der Waals surface area contributed by atoms with Crippen LogP contribution >= 0.6 is 23.1 Å². The van der Waals surface area contributed by atoms with Crippen LogP contribution in [0, 0.1) is 0 Å². The van der Waals surface area contributed by atoms with Crippen LogP contribution in [0.15, 0.2) is 54.6 Å². The minimum absolute atomic E-state index is 0.0347. The summed E-state index contributed by atoms with van der Waals surface area (Å²) in [6.07, 6.45) is 0.800. The van der Waals surface area contributed by atoms with Crippen molar-refractivity contribution in [2.75, 3.05) is 5.32 Å².